The van der Waals surface area contributed by atoms with E-state index in [2.05, 4.69) is 4.72 Å². The third-order valence-corrected chi connectivity index (χ3v) is 5.38. The summed E-state index contributed by atoms with van der Waals surface area (Å²) in [5.74, 6) is -0.636. The molecule has 3 aromatic carbocycles. The van der Waals surface area contributed by atoms with E-state index in [-0.39, 0.29) is 11.5 Å². The monoisotopic (exact) mass is 369 g/mol. The topological polar surface area (TPSA) is 72.5 Å². The van der Waals surface area contributed by atoms with Crippen molar-refractivity contribution < 1.29 is 17.9 Å². The van der Waals surface area contributed by atoms with Crippen LogP contribution < -0.4 is 4.72 Å². The zero-order valence-corrected chi connectivity index (χ0v) is 15.1. The number of sulfonamides is 1. The Balaban J connectivity index is 1.96. The van der Waals surface area contributed by atoms with E-state index in [0.717, 1.165) is 10.8 Å². The molecule has 0 aliphatic heterocycles. The van der Waals surface area contributed by atoms with Crippen molar-refractivity contribution in [3.63, 3.8) is 0 Å². The summed E-state index contributed by atoms with van der Waals surface area (Å²) in [6.07, 6.45) is 0. The predicted molar refractivity (Wildman–Crippen MR) is 100 cm³/mol. The summed E-state index contributed by atoms with van der Waals surface area (Å²) in [4.78, 5) is 12.4. The van der Waals surface area contributed by atoms with Crippen molar-refractivity contribution in [2.75, 3.05) is 6.61 Å². The van der Waals surface area contributed by atoms with Crippen molar-refractivity contribution in [3.8, 4) is 0 Å². The van der Waals surface area contributed by atoms with Gasteiger partial charge in [0, 0.05) is 0 Å². The predicted octanol–water partition coefficient (Wildman–Crippen LogP) is 3.42. The molecule has 3 aromatic rings. The van der Waals surface area contributed by atoms with Crippen molar-refractivity contribution in [1.82, 2.24) is 4.72 Å². The average molecular weight is 369 g/mol. The highest BCUT2D eigenvalue weighted by Crippen LogP contribution is 2.22. The molecule has 134 valence electrons. The molecular weight excluding hydrogens is 350 g/mol. The smallest absolute Gasteiger partial charge is 0.328 e. The molecule has 0 aliphatic rings. The lowest BCUT2D eigenvalue weighted by Crippen LogP contribution is -2.35. The van der Waals surface area contributed by atoms with E-state index in [1.807, 2.05) is 24.3 Å². The average Bonchev–Trinajstić information content (AvgIpc) is 2.66. The van der Waals surface area contributed by atoms with E-state index in [1.165, 1.54) is 6.07 Å². The Hall–Kier alpha value is -2.70. The fraction of sp³-hybridized carbons (Fsp3) is 0.150. The number of esters is 1. The molecule has 6 heteroatoms. The van der Waals surface area contributed by atoms with Gasteiger partial charge in [0.1, 0.15) is 6.04 Å². The van der Waals surface area contributed by atoms with Crippen LogP contribution in [0.5, 0.6) is 0 Å². The van der Waals surface area contributed by atoms with Crippen molar-refractivity contribution in [2.45, 2.75) is 17.9 Å². The third kappa shape index (κ3) is 3.92. The standard InChI is InChI=1S/C20H19NO4S/c1-2-25-20(22)19(16-9-4-3-5-10-16)21-26(23,24)18-13-12-15-8-6-7-11-17(15)14-18/h3-14,19,21H,2H2,1H3/t19-/m0/s1. The van der Waals surface area contributed by atoms with Gasteiger partial charge in [-0.15, -0.1) is 0 Å². The summed E-state index contributed by atoms with van der Waals surface area (Å²) in [5.41, 5.74) is 0.523. The molecular formula is C20H19NO4S. The van der Waals surface area contributed by atoms with Crippen molar-refractivity contribution in [1.29, 1.82) is 0 Å². The van der Waals surface area contributed by atoms with Crippen LogP contribution in [-0.4, -0.2) is 21.0 Å². The first-order valence-corrected chi connectivity index (χ1v) is 9.72. The molecule has 1 N–H and O–H groups in total. The van der Waals surface area contributed by atoms with Gasteiger partial charge in [-0.2, -0.15) is 4.72 Å². The summed E-state index contributed by atoms with van der Waals surface area (Å²) in [5, 5.41) is 1.75. The molecule has 3 rings (SSSR count). The van der Waals surface area contributed by atoms with E-state index in [0.29, 0.717) is 5.56 Å². The number of carbonyl (C=O) groups excluding carboxylic acids is 1. The number of benzene rings is 3. The molecule has 26 heavy (non-hydrogen) atoms. The van der Waals surface area contributed by atoms with E-state index in [9.17, 15) is 13.2 Å². The molecule has 0 aliphatic carbocycles. The van der Waals surface area contributed by atoms with Crippen molar-refractivity contribution in [2.24, 2.45) is 0 Å². The molecule has 1 atom stereocenters. The van der Waals surface area contributed by atoms with Gasteiger partial charge in [0.15, 0.2) is 0 Å². The van der Waals surface area contributed by atoms with E-state index in [1.54, 1.807) is 49.4 Å². The Morgan fingerprint density at radius 3 is 2.31 bits per heavy atom. The zero-order valence-electron chi connectivity index (χ0n) is 14.3. The molecule has 0 heterocycles. The lowest BCUT2D eigenvalue weighted by atomic mass is 10.1. The molecule has 0 amide bonds. The SMILES string of the molecule is CCOC(=O)[C@@H](NS(=O)(=O)c1ccc2ccccc2c1)c1ccccc1. The number of hydrogen-bond donors (Lipinski definition) is 1. The molecule has 5 nitrogen and oxygen atoms in total. The van der Waals surface area contributed by atoms with Gasteiger partial charge < -0.3 is 4.74 Å². The van der Waals surface area contributed by atoms with Crippen LogP contribution in [0.25, 0.3) is 10.8 Å². The summed E-state index contributed by atoms with van der Waals surface area (Å²) in [7, 11) is -3.91. The van der Waals surface area contributed by atoms with Gasteiger partial charge >= 0.3 is 5.97 Å². The molecule has 0 unspecified atom stereocenters. The minimum atomic E-state index is -3.91. The molecule has 0 saturated heterocycles. The second-order valence-electron chi connectivity index (χ2n) is 5.73. The van der Waals surface area contributed by atoms with Gasteiger partial charge in [-0.05, 0) is 35.4 Å². The Morgan fingerprint density at radius 1 is 0.962 bits per heavy atom. The Morgan fingerprint density at radius 2 is 1.62 bits per heavy atom. The maximum Gasteiger partial charge on any atom is 0.328 e. The number of hydrogen-bond acceptors (Lipinski definition) is 4. The van der Waals surface area contributed by atoms with Gasteiger partial charge in [0.05, 0.1) is 11.5 Å². The first kappa shape index (κ1) is 18.1. The maximum atomic E-state index is 12.8. The minimum Gasteiger partial charge on any atom is -0.465 e. The summed E-state index contributed by atoms with van der Waals surface area (Å²) in [6, 6.07) is 19.9. The second-order valence-corrected chi connectivity index (χ2v) is 7.44. The van der Waals surface area contributed by atoms with Gasteiger partial charge in [0.2, 0.25) is 10.0 Å². The maximum absolute atomic E-state index is 12.8. The van der Waals surface area contributed by atoms with Gasteiger partial charge in [-0.25, -0.2) is 13.2 Å². The molecule has 0 radical (unpaired) electrons. The molecule has 0 spiro atoms. The summed E-state index contributed by atoms with van der Waals surface area (Å²) < 4.78 is 33.2. The lowest BCUT2D eigenvalue weighted by Gasteiger charge is -2.18. The second kappa shape index (κ2) is 7.68. The quantitative estimate of drug-likeness (QED) is 0.676. The number of rotatable bonds is 6. The van der Waals surface area contributed by atoms with E-state index in [4.69, 9.17) is 4.74 Å². The lowest BCUT2D eigenvalue weighted by molar-refractivity contribution is -0.145. The fourth-order valence-electron chi connectivity index (χ4n) is 2.68. The highest BCUT2D eigenvalue weighted by molar-refractivity contribution is 7.89. The summed E-state index contributed by atoms with van der Waals surface area (Å²) >= 11 is 0. The third-order valence-electron chi connectivity index (χ3n) is 3.96. The van der Waals surface area contributed by atoms with Crippen LogP contribution >= 0.6 is 0 Å². The zero-order chi connectivity index (χ0) is 18.6. The first-order valence-electron chi connectivity index (χ1n) is 8.24. The van der Waals surface area contributed by atoms with Crippen LogP contribution in [-0.2, 0) is 19.6 Å². The largest absolute Gasteiger partial charge is 0.465 e. The van der Waals surface area contributed by atoms with E-state index < -0.39 is 22.0 Å². The Bertz CT molecular complexity index is 1020. The molecule has 0 fully saturated rings. The van der Waals surface area contributed by atoms with Crippen molar-refractivity contribution in [3.05, 3.63) is 78.4 Å². The Kier molecular flexibility index (Phi) is 5.35. The van der Waals surface area contributed by atoms with Crippen molar-refractivity contribution >= 4 is 26.8 Å². The minimum absolute atomic E-state index is 0.0985. The van der Waals surface area contributed by atoms with Crippen LogP contribution in [0, 0.1) is 0 Å². The van der Waals surface area contributed by atoms with Gasteiger partial charge in [0.25, 0.3) is 0 Å². The van der Waals surface area contributed by atoms with Gasteiger partial charge in [-0.3, -0.25) is 0 Å². The highest BCUT2D eigenvalue weighted by atomic mass is 32.2. The van der Waals surface area contributed by atoms with E-state index >= 15 is 0 Å². The van der Waals surface area contributed by atoms with Gasteiger partial charge in [-0.1, -0.05) is 60.7 Å². The van der Waals surface area contributed by atoms with Crippen LogP contribution in [0.1, 0.15) is 18.5 Å². The molecule has 0 aromatic heterocycles. The van der Waals surface area contributed by atoms with Crippen LogP contribution in [0.2, 0.25) is 0 Å². The summed E-state index contributed by atoms with van der Waals surface area (Å²) in [6.45, 7) is 1.84. The normalized spacial score (nSPS) is 12.7. The molecule has 0 bridgehead atoms. The number of ether oxygens (including phenoxy) is 1. The number of carbonyl (C=O) groups is 1. The first-order chi connectivity index (χ1) is 12.5. The highest BCUT2D eigenvalue weighted by Gasteiger charge is 2.28. The van der Waals surface area contributed by atoms with Crippen LogP contribution in [0.3, 0.4) is 0 Å². The number of fused-ring (bicyclic) bond motifs is 1. The molecule has 0 saturated carbocycles. The van der Waals surface area contributed by atoms with Crippen LogP contribution in [0.15, 0.2) is 77.7 Å². The van der Waals surface area contributed by atoms with Crippen LogP contribution in [0.4, 0.5) is 0 Å². The Labute approximate surface area is 152 Å². The number of nitrogens with one attached hydrogen (secondary N) is 1. The fourth-order valence-corrected chi connectivity index (χ4v) is 3.89.